The SMILES string of the molecule is CC(C)(CCO)CNC(=O)c1ccc(-c2ccccc2F)s1. The van der Waals surface area contributed by atoms with Gasteiger partial charge in [-0.25, -0.2) is 4.39 Å². The summed E-state index contributed by atoms with van der Waals surface area (Å²) in [5.74, 6) is -0.459. The molecule has 118 valence electrons. The molecule has 5 heteroatoms. The van der Waals surface area contributed by atoms with E-state index in [1.165, 1.54) is 17.4 Å². The van der Waals surface area contributed by atoms with Crippen LogP contribution in [0.15, 0.2) is 36.4 Å². The van der Waals surface area contributed by atoms with Crippen LogP contribution in [0.25, 0.3) is 10.4 Å². The highest BCUT2D eigenvalue weighted by atomic mass is 32.1. The first-order chi connectivity index (χ1) is 10.4. The van der Waals surface area contributed by atoms with Crippen molar-refractivity contribution in [1.29, 1.82) is 0 Å². The zero-order chi connectivity index (χ0) is 16.2. The summed E-state index contributed by atoms with van der Waals surface area (Å²) in [5.41, 5.74) is 0.350. The van der Waals surface area contributed by atoms with Gasteiger partial charge in [0.1, 0.15) is 5.82 Å². The van der Waals surface area contributed by atoms with Gasteiger partial charge in [0.2, 0.25) is 0 Å². The normalized spacial score (nSPS) is 11.5. The average molecular weight is 321 g/mol. The second-order valence-corrected chi connectivity index (χ2v) is 7.05. The molecule has 0 aliphatic rings. The largest absolute Gasteiger partial charge is 0.396 e. The number of aliphatic hydroxyl groups is 1. The van der Waals surface area contributed by atoms with E-state index in [1.54, 1.807) is 30.3 Å². The lowest BCUT2D eigenvalue weighted by Crippen LogP contribution is -2.34. The van der Waals surface area contributed by atoms with Crippen LogP contribution in [0.2, 0.25) is 0 Å². The molecule has 1 aromatic heterocycles. The van der Waals surface area contributed by atoms with Crippen molar-refractivity contribution >= 4 is 17.2 Å². The number of hydrogen-bond acceptors (Lipinski definition) is 3. The highest BCUT2D eigenvalue weighted by molar-refractivity contribution is 7.17. The van der Waals surface area contributed by atoms with Gasteiger partial charge in [0.25, 0.3) is 5.91 Å². The highest BCUT2D eigenvalue weighted by Crippen LogP contribution is 2.30. The quantitative estimate of drug-likeness (QED) is 0.852. The molecule has 0 atom stereocenters. The van der Waals surface area contributed by atoms with Gasteiger partial charge < -0.3 is 10.4 Å². The Hall–Kier alpha value is -1.72. The summed E-state index contributed by atoms with van der Waals surface area (Å²) in [6.07, 6.45) is 0.623. The molecule has 0 radical (unpaired) electrons. The van der Waals surface area contributed by atoms with Crippen LogP contribution >= 0.6 is 11.3 Å². The van der Waals surface area contributed by atoms with Gasteiger partial charge in [0, 0.05) is 23.6 Å². The Morgan fingerprint density at radius 3 is 2.68 bits per heavy atom. The van der Waals surface area contributed by atoms with E-state index in [1.807, 2.05) is 13.8 Å². The molecule has 0 saturated heterocycles. The molecule has 0 aliphatic heterocycles. The number of amides is 1. The number of carbonyl (C=O) groups excluding carboxylic acids is 1. The van der Waals surface area contributed by atoms with Crippen LogP contribution in [-0.4, -0.2) is 24.2 Å². The number of thiophene rings is 1. The molecule has 0 spiro atoms. The molecule has 2 N–H and O–H groups in total. The van der Waals surface area contributed by atoms with E-state index in [0.29, 0.717) is 23.4 Å². The van der Waals surface area contributed by atoms with Gasteiger partial charge in [0.15, 0.2) is 0 Å². The van der Waals surface area contributed by atoms with Gasteiger partial charge in [-0.05, 0) is 30.0 Å². The smallest absolute Gasteiger partial charge is 0.261 e. The molecule has 1 heterocycles. The molecule has 0 saturated carbocycles. The van der Waals surface area contributed by atoms with E-state index in [4.69, 9.17) is 5.11 Å². The van der Waals surface area contributed by atoms with Crippen LogP contribution in [0, 0.1) is 11.2 Å². The van der Waals surface area contributed by atoms with Gasteiger partial charge in [-0.1, -0.05) is 32.0 Å². The van der Waals surface area contributed by atoms with Crippen LogP contribution in [0.3, 0.4) is 0 Å². The average Bonchev–Trinajstić information content (AvgIpc) is 2.95. The molecular weight excluding hydrogens is 301 g/mol. The second kappa shape index (κ2) is 7.03. The first kappa shape index (κ1) is 16.6. The summed E-state index contributed by atoms with van der Waals surface area (Å²) < 4.78 is 13.8. The van der Waals surface area contributed by atoms with Crippen LogP contribution in [0.5, 0.6) is 0 Å². The lowest BCUT2D eigenvalue weighted by atomic mass is 9.90. The van der Waals surface area contributed by atoms with Crippen LogP contribution in [0.4, 0.5) is 4.39 Å². The molecular formula is C17H20FNO2S. The fourth-order valence-corrected chi connectivity index (χ4v) is 3.01. The van der Waals surface area contributed by atoms with E-state index in [2.05, 4.69) is 5.32 Å². The lowest BCUT2D eigenvalue weighted by Gasteiger charge is -2.23. The second-order valence-electron chi connectivity index (χ2n) is 5.96. The van der Waals surface area contributed by atoms with Gasteiger partial charge >= 0.3 is 0 Å². The standard InChI is InChI=1S/C17H20FNO2S/c1-17(2,9-10-20)11-19-16(21)15-8-7-14(22-15)12-5-3-4-6-13(12)18/h3-8,20H,9-11H2,1-2H3,(H,19,21). The summed E-state index contributed by atoms with van der Waals surface area (Å²) in [4.78, 5) is 13.5. The number of nitrogens with one attached hydrogen (secondary N) is 1. The molecule has 2 rings (SSSR count). The first-order valence-electron chi connectivity index (χ1n) is 7.17. The van der Waals surface area contributed by atoms with E-state index < -0.39 is 0 Å². The van der Waals surface area contributed by atoms with Crippen molar-refractivity contribution in [3.63, 3.8) is 0 Å². The minimum atomic E-state index is -0.291. The van der Waals surface area contributed by atoms with Gasteiger partial charge in [0.05, 0.1) is 4.88 Å². The third-order valence-electron chi connectivity index (χ3n) is 3.49. The summed E-state index contributed by atoms with van der Waals surface area (Å²) in [5, 5.41) is 11.9. The van der Waals surface area contributed by atoms with Gasteiger partial charge in [-0.2, -0.15) is 0 Å². The van der Waals surface area contributed by atoms with Crippen molar-refractivity contribution in [1.82, 2.24) is 5.32 Å². The number of aliphatic hydroxyl groups excluding tert-OH is 1. The zero-order valence-electron chi connectivity index (χ0n) is 12.7. The fourth-order valence-electron chi connectivity index (χ4n) is 2.06. The first-order valence-corrected chi connectivity index (χ1v) is 7.98. The third-order valence-corrected chi connectivity index (χ3v) is 4.60. The maximum atomic E-state index is 13.8. The minimum absolute atomic E-state index is 0.0965. The fraction of sp³-hybridized carbons (Fsp3) is 0.353. The maximum absolute atomic E-state index is 13.8. The molecule has 2 aromatic rings. The monoisotopic (exact) mass is 321 g/mol. The highest BCUT2D eigenvalue weighted by Gasteiger charge is 2.19. The molecule has 22 heavy (non-hydrogen) atoms. The third kappa shape index (κ3) is 4.15. The Balaban J connectivity index is 2.05. The topological polar surface area (TPSA) is 49.3 Å². The molecule has 0 fully saturated rings. The molecule has 0 aliphatic carbocycles. The van der Waals surface area contributed by atoms with Crippen LogP contribution in [-0.2, 0) is 0 Å². The number of rotatable bonds is 6. The van der Waals surface area contributed by atoms with Crippen LogP contribution in [0.1, 0.15) is 29.9 Å². The van der Waals surface area contributed by atoms with Crippen molar-refractivity contribution in [2.75, 3.05) is 13.2 Å². The summed E-state index contributed by atoms with van der Waals surface area (Å²) in [6, 6.07) is 10.00. The van der Waals surface area contributed by atoms with Gasteiger partial charge in [-0.15, -0.1) is 11.3 Å². The molecule has 0 bridgehead atoms. The van der Waals surface area contributed by atoms with Gasteiger partial charge in [-0.3, -0.25) is 4.79 Å². The number of hydrogen-bond donors (Lipinski definition) is 2. The van der Waals surface area contributed by atoms with Crippen molar-refractivity contribution in [2.45, 2.75) is 20.3 Å². The van der Waals surface area contributed by atoms with Crippen molar-refractivity contribution in [2.24, 2.45) is 5.41 Å². The maximum Gasteiger partial charge on any atom is 0.261 e. The minimum Gasteiger partial charge on any atom is -0.396 e. The molecule has 3 nitrogen and oxygen atoms in total. The van der Waals surface area contributed by atoms with E-state index in [0.717, 1.165) is 4.88 Å². The van der Waals surface area contributed by atoms with E-state index >= 15 is 0 Å². The summed E-state index contributed by atoms with van der Waals surface area (Å²) >= 11 is 1.27. The summed E-state index contributed by atoms with van der Waals surface area (Å²) in [7, 11) is 0. The van der Waals surface area contributed by atoms with Crippen LogP contribution < -0.4 is 5.32 Å². The number of halogens is 1. The predicted octanol–water partition coefficient (Wildman–Crippen LogP) is 3.69. The molecule has 1 aromatic carbocycles. The van der Waals surface area contributed by atoms with E-state index in [-0.39, 0.29) is 23.7 Å². The van der Waals surface area contributed by atoms with E-state index in [9.17, 15) is 9.18 Å². The Morgan fingerprint density at radius 2 is 2.00 bits per heavy atom. The lowest BCUT2D eigenvalue weighted by molar-refractivity contribution is 0.0932. The molecule has 1 amide bonds. The van der Waals surface area contributed by atoms with Crippen molar-refractivity contribution < 1.29 is 14.3 Å². The Labute approximate surface area is 133 Å². The predicted molar refractivity (Wildman–Crippen MR) is 87.5 cm³/mol. The number of carbonyl (C=O) groups is 1. The Kier molecular flexibility index (Phi) is 5.32. The van der Waals surface area contributed by atoms with Crippen molar-refractivity contribution in [3.8, 4) is 10.4 Å². The summed E-state index contributed by atoms with van der Waals surface area (Å²) in [6.45, 7) is 4.56. The molecule has 0 unspecified atom stereocenters. The Morgan fingerprint density at radius 1 is 1.27 bits per heavy atom. The number of benzene rings is 1. The Bertz CT molecular complexity index is 652. The zero-order valence-corrected chi connectivity index (χ0v) is 13.5. The van der Waals surface area contributed by atoms with Crippen molar-refractivity contribution in [3.05, 3.63) is 47.1 Å².